The van der Waals surface area contributed by atoms with Crippen LogP contribution < -0.4 is 5.32 Å². The van der Waals surface area contributed by atoms with Crippen molar-refractivity contribution in [3.05, 3.63) is 0 Å². The Morgan fingerprint density at radius 3 is 2.23 bits per heavy atom. The minimum atomic E-state index is -0.164. The second kappa shape index (κ2) is 5.97. The van der Waals surface area contributed by atoms with Crippen molar-refractivity contribution in [3.8, 4) is 0 Å². The molecule has 0 aromatic rings. The van der Waals surface area contributed by atoms with E-state index in [1.54, 1.807) is 0 Å². The van der Waals surface area contributed by atoms with Gasteiger partial charge in [-0.1, -0.05) is 20.8 Å². The number of carbonyl (C=O) groups excluding carboxylic acids is 1. The summed E-state index contributed by atoms with van der Waals surface area (Å²) in [7, 11) is 0. The molecule has 3 heteroatoms. The molecule has 80 valence electrons. The fraction of sp³-hybridized carbons (Fsp3) is 0.900. The van der Waals surface area contributed by atoms with Gasteiger partial charge in [0.25, 0.3) is 0 Å². The first kappa shape index (κ1) is 12.4. The predicted octanol–water partition coefficient (Wildman–Crippen LogP) is 1.96. The van der Waals surface area contributed by atoms with Crippen LogP contribution in [0.15, 0.2) is 0 Å². The molecular formula is C10H23NO2. The molecule has 1 atom stereocenters. The molecule has 0 saturated heterocycles. The number of carbonyl (C=O) groups is 1. The van der Waals surface area contributed by atoms with Crippen molar-refractivity contribution in [1.29, 1.82) is 0 Å². The van der Waals surface area contributed by atoms with Gasteiger partial charge in [0, 0.05) is 7.47 Å². The summed E-state index contributed by atoms with van der Waals surface area (Å²) >= 11 is 0. The summed E-state index contributed by atoms with van der Waals surface area (Å²) in [5, 5.41) is 3.16. The van der Waals surface area contributed by atoms with Gasteiger partial charge in [-0.15, -0.1) is 0 Å². The molecule has 1 N–H and O–H groups in total. The van der Waals surface area contributed by atoms with Crippen LogP contribution in [0.4, 0.5) is 0 Å². The van der Waals surface area contributed by atoms with Crippen molar-refractivity contribution < 1.29 is 11.0 Å². The quantitative estimate of drug-likeness (QED) is 0.672. The minimum absolute atomic E-state index is 0. The normalized spacial score (nSPS) is 13.5. The molecule has 0 fully saturated rings. The smallest absolute Gasteiger partial charge is 0.323 e. The number of esters is 1. The van der Waals surface area contributed by atoms with Crippen molar-refractivity contribution in [2.75, 3.05) is 0 Å². The van der Waals surface area contributed by atoms with Gasteiger partial charge in [0.2, 0.25) is 0 Å². The van der Waals surface area contributed by atoms with Crippen molar-refractivity contribution in [3.63, 3.8) is 0 Å². The van der Waals surface area contributed by atoms with Gasteiger partial charge in [-0.3, -0.25) is 4.79 Å². The Bertz CT molecular complexity index is 160. The van der Waals surface area contributed by atoms with E-state index < -0.39 is 0 Å². The largest absolute Gasteiger partial charge is 0.462 e. The summed E-state index contributed by atoms with van der Waals surface area (Å²) in [5.74, 6) is -0.147. The van der Waals surface area contributed by atoms with Crippen LogP contribution in [-0.4, -0.2) is 24.2 Å². The van der Waals surface area contributed by atoms with Crippen LogP contribution in [0.2, 0.25) is 0 Å². The first-order valence-corrected chi connectivity index (χ1v) is 4.93. The molecule has 0 aromatic heterocycles. The molecule has 0 aliphatic rings. The van der Waals surface area contributed by atoms with E-state index >= 15 is 0 Å². The molecular weight excluding hydrogens is 166 g/mol. The van der Waals surface area contributed by atoms with Gasteiger partial charge < -0.3 is 10.1 Å². The van der Waals surface area contributed by atoms with Crippen LogP contribution in [0.1, 0.15) is 42.5 Å². The molecule has 0 unspecified atom stereocenters. The Kier molecular flexibility index (Phi) is 5.71. The van der Waals surface area contributed by atoms with E-state index in [2.05, 4.69) is 5.32 Å². The van der Waals surface area contributed by atoms with Crippen LogP contribution in [0.5, 0.6) is 0 Å². The van der Waals surface area contributed by atoms with Gasteiger partial charge in [0.05, 0.1) is 6.10 Å². The lowest BCUT2D eigenvalue weighted by Gasteiger charge is -2.19. The lowest BCUT2D eigenvalue weighted by molar-refractivity contribution is -0.150. The molecule has 0 rings (SSSR count). The number of rotatable bonds is 5. The lowest BCUT2D eigenvalue weighted by atomic mass is 10.2. The van der Waals surface area contributed by atoms with Crippen LogP contribution in [0.25, 0.3) is 0 Å². The third-order valence-electron chi connectivity index (χ3n) is 1.58. The van der Waals surface area contributed by atoms with Crippen molar-refractivity contribution in [2.24, 2.45) is 0 Å². The van der Waals surface area contributed by atoms with Crippen LogP contribution >= 0.6 is 0 Å². The van der Waals surface area contributed by atoms with Crippen molar-refractivity contribution in [1.82, 2.24) is 5.32 Å². The monoisotopic (exact) mass is 189 g/mol. The van der Waals surface area contributed by atoms with Gasteiger partial charge in [-0.05, 0) is 20.3 Å². The maximum Gasteiger partial charge on any atom is 0.323 e. The highest BCUT2D eigenvalue weighted by molar-refractivity contribution is 5.75. The van der Waals surface area contributed by atoms with E-state index in [9.17, 15) is 4.79 Å². The topological polar surface area (TPSA) is 38.3 Å². The van der Waals surface area contributed by atoms with Gasteiger partial charge >= 0.3 is 5.97 Å². The molecule has 0 heterocycles. The first-order chi connectivity index (χ1) is 5.97. The highest BCUT2D eigenvalue weighted by Crippen LogP contribution is 1.99. The summed E-state index contributed by atoms with van der Waals surface area (Å²) in [6.07, 6.45) is 0.736. The van der Waals surface area contributed by atoms with E-state index in [1.165, 1.54) is 0 Å². The molecule has 0 aliphatic carbocycles. The average molecular weight is 189 g/mol. The second-order valence-corrected chi connectivity index (χ2v) is 3.77. The lowest BCUT2D eigenvalue weighted by Crippen LogP contribution is -2.42. The summed E-state index contributed by atoms with van der Waals surface area (Å²) in [6, 6.07) is 0.145. The number of nitrogens with one attached hydrogen (secondary N) is 1. The van der Waals surface area contributed by atoms with Crippen LogP contribution in [-0.2, 0) is 9.53 Å². The average Bonchev–Trinajstić information content (AvgIpc) is 1.98. The Morgan fingerprint density at radius 2 is 1.92 bits per heavy atom. The number of hydrogen-bond acceptors (Lipinski definition) is 3. The predicted molar refractivity (Wildman–Crippen MR) is 55.7 cm³/mol. The van der Waals surface area contributed by atoms with E-state index in [-0.39, 0.29) is 19.5 Å². The van der Waals surface area contributed by atoms with E-state index in [0.29, 0.717) is 6.04 Å². The summed E-state index contributed by atoms with van der Waals surface area (Å²) in [5.41, 5.74) is 0. The summed E-state index contributed by atoms with van der Waals surface area (Å²) in [4.78, 5) is 11.4. The SMILES string of the molecule is CC[C@H](NC(C)C)C(=O)OC(C)C.[HH]. The third kappa shape index (κ3) is 5.64. The standard InChI is InChI=1S/C10H21NO2.H2/c1-6-9(11-7(2)3)10(12)13-8(4)5;/h7-9,11H,6H2,1-5H3;1H/t9-;/m0./s1. The maximum atomic E-state index is 11.4. The first-order valence-electron chi connectivity index (χ1n) is 4.93. The fourth-order valence-electron chi connectivity index (χ4n) is 1.07. The zero-order valence-electron chi connectivity index (χ0n) is 9.26. The summed E-state index contributed by atoms with van der Waals surface area (Å²) < 4.78 is 5.10. The molecule has 13 heavy (non-hydrogen) atoms. The number of hydrogen-bond donors (Lipinski definition) is 1. The number of ether oxygens (including phenoxy) is 1. The van der Waals surface area contributed by atoms with Crippen LogP contribution in [0.3, 0.4) is 0 Å². The molecule has 0 spiro atoms. The van der Waals surface area contributed by atoms with Gasteiger partial charge in [0.15, 0.2) is 0 Å². The Labute approximate surface area is 82.3 Å². The van der Waals surface area contributed by atoms with Gasteiger partial charge in [-0.2, -0.15) is 0 Å². The van der Waals surface area contributed by atoms with E-state index in [0.717, 1.165) is 6.42 Å². The second-order valence-electron chi connectivity index (χ2n) is 3.77. The molecule has 0 amide bonds. The summed E-state index contributed by atoms with van der Waals surface area (Å²) in [6.45, 7) is 9.73. The Balaban J connectivity index is 0. The molecule has 0 radical (unpaired) electrons. The van der Waals surface area contributed by atoms with Gasteiger partial charge in [-0.25, -0.2) is 0 Å². The molecule has 0 bridgehead atoms. The molecule has 0 saturated carbocycles. The Morgan fingerprint density at radius 1 is 1.38 bits per heavy atom. The zero-order valence-corrected chi connectivity index (χ0v) is 9.26. The zero-order chi connectivity index (χ0) is 10.4. The highest BCUT2D eigenvalue weighted by atomic mass is 16.5. The maximum absolute atomic E-state index is 11.4. The third-order valence-corrected chi connectivity index (χ3v) is 1.58. The minimum Gasteiger partial charge on any atom is -0.462 e. The van der Waals surface area contributed by atoms with Crippen LogP contribution in [0, 0.1) is 0 Å². The molecule has 0 aliphatic heterocycles. The molecule has 3 nitrogen and oxygen atoms in total. The molecule has 0 aromatic carbocycles. The fourth-order valence-corrected chi connectivity index (χ4v) is 1.07. The van der Waals surface area contributed by atoms with E-state index in [1.807, 2.05) is 34.6 Å². The van der Waals surface area contributed by atoms with Crippen molar-refractivity contribution in [2.45, 2.75) is 59.2 Å². The van der Waals surface area contributed by atoms with Gasteiger partial charge in [0.1, 0.15) is 6.04 Å². The van der Waals surface area contributed by atoms with Crippen molar-refractivity contribution >= 4 is 5.97 Å². The highest BCUT2D eigenvalue weighted by Gasteiger charge is 2.19. The van der Waals surface area contributed by atoms with E-state index in [4.69, 9.17) is 4.74 Å². The Hall–Kier alpha value is -0.570.